The van der Waals surface area contributed by atoms with Crippen molar-refractivity contribution < 1.29 is 0 Å². The van der Waals surface area contributed by atoms with E-state index < -0.39 is 0 Å². The monoisotopic (exact) mass is 546 g/mol. The highest BCUT2D eigenvalue weighted by Crippen LogP contribution is 2.41. The van der Waals surface area contributed by atoms with Crippen LogP contribution in [0.2, 0.25) is 0 Å². The van der Waals surface area contributed by atoms with Crippen molar-refractivity contribution in [2.24, 2.45) is 0 Å². The van der Waals surface area contributed by atoms with E-state index in [0.717, 1.165) is 11.5 Å². The normalized spacial score (nSPS) is 14.5. The first-order valence-electron chi connectivity index (χ1n) is 14.2. The molecule has 1 unspecified atom stereocenters. The number of hydrogen-bond donors (Lipinski definition) is 0. The Labute approximate surface area is 246 Å². The maximum atomic E-state index is 2.42. The smallest absolute Gasteiger partial charge is 0.155 e. The highest BCUT2D eigenvalue weighted by Gasteiger charge is 2.30. The zero-order chi connectivity index (χ0) is 27.6. The Bertz CT molecular complexity index is 1780. The zero-order valence-corrected chi connectivity index (χ0v) is 24.0. The van der Waals surface area contributed by atoms with Crippen LogP contribution in [0.5, 0.6) is 0 Å². The Morgan fingerprint density at radius 3 is 1.49 bits per heavy atom. The van der Waals surface area contributed by atoms with E-state index in [0.29, 0.717) is 0 Å². The fraction of sp³-hybridized carbons (Fsp3) is 0.0769. The van der Waals surface area contributed by atoms with Crippen molar-refractivity contribution in [3.8, 4) is 33.4 Å². The summed E-state index contributed by atoms with van der Waals surface area (Å²) in [5, 5.41) is 0. The molecule has 0 radical (unpaired) electrons. The van der Waals surface area contributed by atoms with E-state index in [2.05, 4.69) is 164 Å². The predicted molar refractivity (Wildman–Crippen MR) is 177 cm³/mol. The molecule has 0 N–H and O–H groups in total. The Morgan fingerprint density at radius 2 is 0.878 bits per heavy atom. The van der Waals surface area contributed by atoms with Crippen LogP contribution in [0.25, 0.3) is 33.4 Å². The molecule has 2 heteroatoms. The highest BCUT2D eigenvalue weighted by atomic mass is 32.2. The van der Waals surface area contributed by atoms with E-state index in [1.165, 1.54) is 60.8 Å². The summed E-state index contributed by atoms with van der Waals surface area (Å²) in [7, 11) is 2.25. The third-order valence-electron chi connectivity index (χ3n) is 8.06. The molecule has 0 spiro atoms. The summed E-state index contributed by atoms with van der Waals surface area (Å²) in [4.78, 5) is 3.83. The minimum absolute atomic E-state index is 0.0187. The summed E-state index contributed by atoms with van der Waals surface area (Å²) in [6, 6.07) is 55.5. The van der Waals surface area contributed by atoms with Gasteiger partial charge in [-0.05, 0) is 75.8 Å². The van der Waals surface area contributed by atoms with Crippen molar-refractivity contribution in [2.45, 2.75) is 16.4 Å². The van der Waals surface area contributed by atoms with Gasteiger partial charge in [-0.1, -0.05) is 109 Å². The number of fused-ring (bicyclic) bond motifs is 2. The molecule has 0 aliphatic carbocycles. The number of hydrogen-bond acceptors (Lipinski definition) is 1. The van der Waals surface area contributed by atoms with Crippen molar-refractivity contribution in [3.05, 3.63) is 163 Å². The van der Waals surface area contributed by atoms with E-state index >= 15 is 0 Å². The Morgan fingerprint density at radius 1 is 0.415 bits per heavy atom. The molecule has 0 aromatic heterocycles. The zero-order valence-electron chi connectivity index (χ0n) is 23.2. The molecule has 0 bridgehead atoms. The van der Waals surface area contributed by atoms with E-state index in [1.54, 1.807) is 0 Å². The van der Waals surface area contributed by atoms with E-state index in [9.17, 15) is 0 Å². The molecule has 7 rings (SSSR count). The van der Waals surface area contributed by atoms with Gasteiger partial charge in [-0.25, -0.2) is 0 Å². The van der Waals surface area contributed by atoms with E-state index in [-0.39, 0.29) is 10.9 Å². The van der Waals surface area contributed by atoms with Crippen molar-refractivity contribution in [1.82, 2.24) is 0 Å². The van der Waals surface area contributed by atoms with Gasteiger partial charge in [-0.15, -0.1) is 0 Å². The lowest BCUT2D eigenvalue weighted by Gasteiger charge is -2.28. The average Bonchev–Trinajstić information content (AvgIpc) is 3.05. The summed E-state index contributed by atoms with van der Waals surface area (Å²) in [6.45, 7) is 0. The molecular formula is C39H32NS+. The lowest BCUT2D eigenvalue weighted by Crippen LogP contribution is -2.21. The molecule has 1 heterocycles. The van der Waals surface area contributed by atoms with Crippen LogP contribution in [0, 0.1) is 0 Å². The van der Waals surface area contributed by atoms with Gasteiger partial charge in [0.25, 0.3) is 0 Å². The molecule has 1 aliphatic rings. The first kappa shape index (κ1) is 25.4. The number of rotatable bonds is 4. The third-order valence-corrected chi connectivity index (χ3v) is 10.3. The number of benzene rings is 6. The van der Waals surface area contributed by atoms with Crippen molar-refractivity contribution in [2.75, 3.05) is 11.9 Å². The van der Waals surface area contributed by atoms with Crippen LogP contribution in [0.3, 0.4) is 0 Å². The predicted octanol–water partition coefficient (Wildman–Crippen LogP) is 10.1. The summed E-state index contributed by atoms with van der Waals surface area (Å²) in [5.74, 6) is 2.04. The fourth-order valence-corrected chi connectivity index (χ4v) is 8.02. The molecule has 1 aliphatic heterocycles. The van der Waals surface area contributed by atoms with Gasteiger partial charge in [-0.2, -0.15) is 0 Å². The minimum atomic E-state index is 0.0187. The second-order valence-corrected chi connectivity index (χ2v) is 12.7. The molecular weight excluding hydrogens is 515 g/mol. The second-order valence-electron chi connectivity index (χ2n) is 10.6. The molecule has 6 aromatic rings. The van der Waals surface area contributed by atoms with Gasteiger partial charge in [-0.3, -0.25) is 0 Å². The van der Waals surface area contributed by atoms with Crippen LogP contribution in [0.1, 0.15) is 11.1 Å². The maximum Gasteiger partial charge on any atom is 0.155 e. The lowest BCUT2D eigenvalue weighted by molar-refractivity contribution is 1.13. The van der Waals surface area contributed by atoms with Gasteiger partial charge >= 0.3 is 0 Å². The molecule has 6 aromatic carbocycles. The van der Waals surface area contributed by atoms with Gasteiger partial charge in [0, 0.05) is 40.4 Å². The Hall–Kier alpha value is -4.53. The Balaban J connectivity index is 1.33. The highest BCUT2D eigenvalue weighted by molar-refractivity contribution is 7.95. The van der Waals surface area contributed by atoms with Crippen LogP contribution in [0.15, 0.2) is 157 Å². The molecule has 198 valence electrons. The third kappa shape index (κ3) is 5.19. The fourth-order valence-electron chi connectivity index (χ4n) is 5.84. The maximum absolute atomic E-state index is 2.42. The summed E-state index contributed by atoms with van der Waals surface area (Å²) >= 11 is 0. The van der Waals surface area contributed by atoms with Crippen LogP contribution >= 0.6 is 0 Å². The van der Waals surface area contributed by atoms with Crippen LogP contribution in [-0.2, 0) is 22.4 Å². The molecule has 1 atom stereocenters. The average molecular weight is 547 g/mol. The largest absolute Gasteiger partial charge is 0.344 e. The second kappa shape index (κ2) is 11.2. The summed E-state index contributed by atoms with van der Waals surface area (Å²) < 4.78 is 0. The molecule has 0 fully saturated rings. The molecule has 0 saturated heterocycles. The van der Waals surface area contributed by atoms with Gasteiger partial charge in [0.1, 0.15) is 11.5 Å². The van der Waals surface area contributed by atoms with Gasteiger partial charge in [0.05, 0.1) is 0 Å². The van der Waals surface area contributed by atoms with E-state index in [1.807, 2.05) is 0 Å². The topological polar surface area (TPSA) is 3.24 Å². The molecule has 41 heavy (non-hydrogen) atoms. The van der Waals surface area contributed by atoms with Crippen LogP contribution in [0.4, 0.5) is 11.4 Å². The number of nitrogens with zero attached hydrogens (tertiary/aromatic N) is 1. The SMILES string of the molecule is CN1c2ccc(-c3ccccc3)cc2C[S+](c2ccc(-c3ccccc3)cc2)Cc2ccc(-c3ccccc3)cc21. The lowest BCUT2D eigenvalue weighted by atomic mass is 10.00. The van der Waals surface area contributed by atoms with Gasteiger partial charge in [0.15, 0.2) is 4.90 Å². The van der Waals surface area contributed by atoms with Crippen LogP contribution in [-0.4, -0.2) is 7.05 Å². The first-order valence-corrected chi connectivity index (χ1v) is 15.7. The standard InChI is InChI=1S/C39H32NS/c1-40-38-24-21-33(30-13-7-3-8-14-30)25-36(38)28-41(37-22-19-32(20-23-37)29-11-5-2-6-12-29)27-35-18-17-34(26-39(35)40)31-15-9-4-10-16-31/h2-26H,27-28H2,1H3/q+1. The van der Waals surface area contributed by atoms with Crippen molar-refractivity contribution in [1.29, 1.82) is 0 Å². The quantitative estimate of drug-likeness (QED) is 0.199. The van der Waals surface area contributed by atoms with Crippen molar-refractivity contribution in [3.63, 3.8) is 0 Å². The van der Waals surface area contributed by atoms with E-state index in [4.69, 9.17) is 0 Å². The van der Waals surface area contributed by atoms with Gasteiger partial charge in [0.2, 0.25) is 0 Å². The van der Waals surface area contributed by atoms with Crippen LogP contribution < -0.4 is 4.90 Å². The molecule has 0 saturated carbocycles. The summed E-state index contributed by atoms with van der Waals surface area (Å²) in [6.07, 6.45) is 0. The summed E-state index contributed by atoms with van der Waals surface area (Å²) in [5.41, 5.74) is 13.0. The molecule has 1 nitrogen and oxygen atoms in total. The molecule has 0 amide bonds. The Kier molecular flexibility index (Phi) is 6.92. The first-order chi connectivity index (χ1) is 20.2. The van der Waals surface area contributed by atoms with Crippen molar-refractivity contribution >= 4 is 22.3 Å². The minimum Gasteiger partial charge on any atom is -0.344 e. The van der Waals surface area contributed by atoms with Gasteiger partial charge < -0.3 is 4.90 Å². The number of anilines is 2.